The van der Waals surface area contributed by atoms with Crippen molar-refractivity contribution in [2.24, 2.45) is 5.92 Å². The molecule has 2 fully saturated rings. The minimum atomic E-state index is -4.64. The molecule has 2 aliphatic heterocycles. The Morgan fingerprint density at radius 2 is 1.86 bits per heavy atom. The van der Waals surface area contributed by atoms with Crippen molar-refractivity contribution in [1.82, 2.24) is 4.98 Å². The Bertz CT molecular complexity index is 586. The first-order chi connectivity index (χ1) is 9.88. The number of rotatable bonds is 2. The highest BCUT2D eigenvalue weighted by atomic mass is 32.2. The van der Waals surface area contributed by atoms with Gasteiger partial charge < -0.3 is 0 Å². The molecule has 1 aromatic rings. The van der Waals surface area contributed by atoms with Gasteiger partial charge >= 0.3 is 6.18 Å². The Balaban J connectivity index is 1.89. The van der Waals surface area contributed by atoms with Crippen LogP contribution in [0.15, 0.2) is 18.3 Å². The van der Waals surface area contributed by atoms with Gasteiger partial charge in [0.2, 0.25) is 0 Å². The van der Waals surface area contributed by atoms with Gasteiger partial charge in [0.05, 0.1) is 0 Å². The fourth-order valence-corrected chi connectivity index (χ4v) is 5.42. The van der Waals surface area contributed by atoms with Crippen LogP contribution in [0.25, 0.3) is 0 Å². The minimum absolute atomic E-state index is 0.0382. The summed E-state index contributed by atoms with van der Waals surface area (Å²) in [5.74, 6) is -0.977. The van der Waals surface area contributed by atoms with E-state index in [9.17, 15) is 22.2 Å². The van der Waals surface area contributed by atoms with E-state index in [0.29, 0.717) is 12.8 Å². The lowest BCUT2D eigenvalue weighted by Gasteiger charge is -2.26. The van der Waals surface area contributed by atoms with E-state index >= 15 is 0 Å². The molecule has 0 aliphatic carbocycles. The van der Waals surface area contributed by atoms with Gasteiger partial charge in [0.25, 0.3) is 0 Å². The number of fused-ring (bicyclic) bond motifs is 2. The van der Waals surface area contributed by atoms with Crippen LogP contribution < -0.4 is 0 Å². The van der Waals surface area contributed by atoms with E-state index in [2.05, 4.69) is 4.98 Å². The SMILES string of the molecule is O=C(c1cccnc1C(F)(F)F)C1CC2CCC(C1)S2=O. The van der Waals surface area contributed by atoms with Crippen molar-refractivity contribution in [3.8, 4) is 0 Å². The largest absolute Gasteiger partial charge is 0.434 e. The summed E-state index contributed by atoms with van der Waals surface area (Å²) < 4.78 is 50.7. The van der Waals surface area contributed by atoms with E-state index < -0.39 is 34.4 Å². The summed E-state index contributed by atoms with van der Waals surface area (Å²) in [5, 5.41) is -0.0765. The predicted octanol–water partition coefficient (Wildman–Crippen LogP) is 2.97. The van der Waals surface area contributed by atoms with Gasteiger partial charge in [-0.05, 0) is 37.8 Å². The molecule has 21 heavy (non-hydrogen) atoms. The quantitative estimate of drug-likeness (QED) is 0.788. The molecule has 2 aliphatic rings. The molecule has 2 atom stereocenters. The maximum Gasteiger partial charge on any atom is 0.434 e. The summed E-state index contributed by atoms with van der Waals surface area (Å²) in [5.41, 5.74) is -1.48. The smallest absolute Gasteiger partial charge is 0.294 e. The minimum Gasteiger partial charge on any atom is -0.294 e. The van der Waals surface area contributed by atoms with Crippen LogP contribution in [0.2, 0.25) is 0 Å². The number of halogens is 3. The fraction of sp³-hybridized carbons (Fsp3) is 0.571. The highest BCUT2D eigenvalue weighted by molar-refractivity contribution is 7.86. The Morgan fingerprint density at radius 3 is 2.43 bits per heavy atom. The number of hydrogen-bond acceptors (Lipinski definition) is 3. The number of aromatic nitrogens is 1. The average molecular weight is 317 g/mol. The zero-order chi connectivity index (χ0) is 15.2. The van der Waals surface area contributed by atoms with Crippen molar-refractivity contribution in [1.29, 1.82) is 0 Å². The van der Waals surface area contributed by atoms with E-state index in [1.165, 1.54) is 12.1 Å². The average Bonchev–Trinajstić information content (AvgIpc) is 2.66. The number of pyridine rings is 1. The summed E-state index contributed by atoms with van der Waals surface area (Å²) in [6.45, 7) is 0. The van der Waals surface area contributed by atoms with E-state index in [4.69, 9.17) is 0 Å². The lowest BCUT2D eigenvalue weighted by molar-refractivity contribution is -0.141. The number of alkyl halides is 3. The highest BCUT2D eigenvalue weighted by Gasteiger charge is 2.45. The van der Waals surface area contributed by atoms with Crippen LogP contribution in [0, 0.1) is 5.92 Å². The van der Waals surface area contributed by atoms with Gasteiger partial charge in [-0.2, -0.15) is 13.2 Å². The summed E-state index contributed by atoms with van der Waals surface area (Å²) in [7, 11) is -0.925. The van der Waals surface area contributed by atoms with Gasteiger partial charge in [-0.3, -0.25) is 14.0 Å². The van der Waals surface area contributed by atoms with E-state index in [1.807, 2.05) is 0 Å². The molecule has 0 amide bonds. The first kappa shape index (κ1) is 14.7. The van der Waals surface area contributed by atoms with Gasteiger partial charge in [0.15, 0.2) is 11.5 Å². The van der Waals surface area contributed by atoms with Crippen LogP contribution in [0.4, 0.5) is 13.2 Å². The fourth-order valence-electron chi connectivity index (χ4n) is 3.30. The van der Waals surface area contributed by atoms with Gasteiger partial charge in [0.1, 0.15) is 0 Å². The predicted molar refractivity (Wildman–Crippen MR) is 71.2 cm³/mol. The third kappa shape index (κ3) is 2.63. The van der Waals surface area contributed by atoms with Crippen LogP contribution >= 0.6 is 0 Å². The molecule has 1 aromatic heterocycles. The molecule has 3 heterocycles. The molecule has 3 rings (SSSR count). The maximum atomic E-state index is 12.9. The molecule has 0 radical (unpaired) electrons. The van der Waals surface area contributed by atoms with Crippen molar-refractivity contribution in [2.45, 2.75) is 42.4 Å². The van der Waals surface area contributed by atoms with Crippen molar-refractivity contribution in [3.05, 3.63) is 29.6 Å². The number of carbonyl (C=O) groups excluding carboxylic acids is 1. The van der Waals surface area contributed by atoms with Crippen molar-refractivity contribution in [3.63, 3.8) is 0 Å². The summed E-state index contributed by atoms with van der Waals surface area (Å²) >= 11 is 0. The van der Waals surface area contributed by atoms with Crippen LogP contribution in [-0.4, -0.2) is 25.5 Å². The summed E-state index contributed by atoms with van der Waals surface area (Å²) in [6.07, 6.45) is -1.13. The highest BCUT2D eigenvalue weighted by Crippen LogP contribution is 2.41. The Labute approximate surface area is 122 Å². The molecular formula is C14H14F3NO2S. The number of carbonyl (C=O) groups is 1. The normalized spacial score (nSPS) is 32.1. The summed E-state index contributed by atoms with van der Waals surface area (Å²) in [6, 6.07) is 2.53. The molecule has 0 saturated carbocycles. The Morgan fingerprint density at radius 1 is 1.24 bits per heavy atom. The Hall–Kier alpha value is -1.24. The van der Waals surface area contributed by atoms with E-state index in [-0.39, 0.29) is 16.1 Å². The van der Waals surface area contributed by atoms with Crippen LogP contribution in [-0.2, 0) is 17.0 Å². The topological polar surface area (TPSA) is 47.0 Å². The maximum absolute atomic E-state index is 12.9. The molecule has 0 N–H and O–H groups in total. The number of hydrogen-bond donors (Lipinski definition) is 0. The third-order valence-corrected chi connectivity index (χ3v) is 6.45. The second kappa shape index (κ2) is 5.19. The van der Waals surface area contributed by atoms with Gasteiger partial charge in [-0.15, -0.1) is 0 Å². The first-order valence-corrected chi connectivity index (χ1v) is 8.11. The molecule has 2 bridgehead atoms. The molecular weight excluding hydrogens is 303 g/mol. The zero-order valence-corrected chi connectivity index (χ0v) is 11.9. The van der Waals surface area contributed by atoms with Crippen molar-refractivity contribution >= 4 is 16.6 Å². The van der Waals surface area contributed by atoms with Gasteiger partial charge in [-0.25, -0.2) is 0 Å². The van der Waals surface area contributed by atoms with E-state index in [1.54, 1.807) is 0 Å². The van der Waals surface area contributed by atoms with Crippen LogP contribution in [0.3, 0.4) is 0 Å². The monoisotopic (exact) mass is 317 g/mol. The summed E-state index contributed by atoms with van der Waals surface area (Å²) in [4.78, 5) is 15.8. The second-order valence-electron chi connectivity index (χ2n) is 5.58. The van der Waals surface area contributed by atoms with E-state index in [0.717, 1.165) is 19.0 Å². The molecule has 3 nitrogen and oxygen atoms in total. The standard InChI is InChI=1S/C14H14F3NO2S/c15-14(16,17)13-11(2-1-5-18-13)12(19)8-6-9-3-4-10(7-8)21(9)20/h1-2,5,8-10H,3-4,6-7H2. The number of ketones is 1. The molecule has 2 saturated heterocycles. The molecule has 114 valence electrons. The molecule has 0 aromatic carbocycles. The molecule has 0 spiro atoms. The van der Waals surface area contributed by atoms with Crippen molar-refractivity contribution in [2.75, 3.05) is 0 Å². The Kier molecular flexibility index (Phi) is 3.63. The van der Waals surface area contributed by atoms with Crippen molar-refractivity contribution < 1.29 is 22.2 Å². The lowest BCUT2D eigenvalue weighted by Crippen LogP contribution is -2.33. The second-order valence-corrected chi connectivity index (χ2v) is 7.57. The van der Waals surface area contributed by atoms with Crippen LogP contribution in [0.5, 0.6) is 0 Å². The number of Topliss-reactive ketones (excluding diaryl/α,β-unsaturated/α-hetero) is 1. The molecule has 2 unspecified atom stereocenters. The van der Waals surface area contributed by atoms with Gasteiger partial charge in [0, 0.05) is 39.0 Å². The molecule has 7 heteroatoms. The number of nitrogens with zero attached hydrogens (tertiary/aromatic N) is 1. The first-order valence-electron chi connectivity index (χ1n) is 6.83. The lowest BCUT2D eigenvalue weighted by atomic mass is 9.89. The zero-order valence-electron chi connectivity index (χ0n) is 11.1. The van der Waals surface area contributed by atoms with Gasteiger partial charge in [-0.1, -0.05) is 0 Å². The third-order valence-electron chi connectivity index (χ3n) is 4.27. The van der Waals surface area contributed by atoms with Crippen LogP contribution in [0.1, 0.15) is 41.7 Å².